The highest BCUT2D eigenvalue weighted by Crippen LogP contribution is 2.31. The molecule has 0 radical (unpaired) electrons. The first kappa shape index (κ1) is 16.8. The van der Waals surface area contributed by atoms with E-state index in [4.69, 9.17) is 0 Å². The van der Waals surface area contributed by atoms with Gasteiger partial charge in [0, 0.05) is 25.7 Å². The second-order valence-corrected chi connectivity index (χ2v) is 8.23. The molecule has 3 heterocycles. The molecule has 2 atom stereocenters. The molecule has 2 aromatic rings. The number of amides is 1. The number of rotatable bonds is 4. The van der Waals surface area contributed by atoms with Gasteiger partial charge in [-0.15, -0.1) is 11.3 Å². The molecule has 4 rings (SSSR count). The van der Waals surface area contributed by atoms with Crippen molar-refractivity contribution in [2.45, 2.75) is 31.7 Å². The van der Waals surface area contributed by atoms with E-state index in [0.29, 0.717) is 12.0 Å². The van der Waals surface area contributed by atoms with Gasteiger partial charge in [-0.2, -0.15) is 0 Å². The zero-order valence-corrected chi connectivity index (χ0v) is 15.5. The number of likely N-dealkylation sites (tertiary alicyclic amines) is 2. The standard InChI is InChI=1S/C21H26N2OS/c24-21(20-10-6-14-25-20)23-15-18-9-4-5-12-22(19(18)16-23)13-11-17-7-2-1-3-8-17/h1-3,6-8,10,14,18-19H,4-5,9,11-13,15-16H2/t18-,19+/m0/s1. The average molecular weight is 355 g/mol. The molecule has 0 spiro atoms. The van der Waals surface area contributed by atoms with Crippen LogP contribution >= 0.6 is 11.3 Å². The summed E-state index contributed by atoms with van der Waals surface area (Å²) in [6, 6.07) is 15.2. The van der Waals surface area contributed by atoms with Crippen molar-refractivity contribution >= 4 is 17.2 Å². The normalized spacial score (nSPS) is 24.1. The van der Waals surface area contributed by atoms with Gasteiger partial charge in [-0.1, -0.05) is 42.8 Å². The van der Waals surface area contributed by atoms with E-state index >= 15 is 0 Å². The van der Waals surface area contributed by atoms with Gasteiger partial charge < -0.3 is 4.90 Å². The maximum Gasteiger partial charge on any atom is 0.263 e. The minimum Gasteiger partial charge on any atom is -0.336 e. The molecular formula is C21H26N2OS. The van der Waals surface area contributed by atoms with Gasteiger partial charge in [0.1, 0.15) is 0 Å². The van der Waals surface area contributed by atoms with E-state index in [9.17, 15) is 4.79 Å². The van der Waals surface area contributed by atoms with Crippen molar-refractivity contribution < 1.29 is 4.79 Å². The number of carbonyl (C=O) groups is 1. The number of hydrogen-bond donors (Lipinski definition) is 0. The van der Waals surface area contributed by atoms with Crippen molar-refractivity contribution in [3.05, 3.63) is 58.3 Å². The Kier molecular flexibility index (Phi) is 5.18. The lowest BCUT2D eigenvalue weighted by Crippen LogP contribution is -2.42. The van der Waals surface area contributed by atoms with Crippen molar-refractivity contribution in [2.24, 2.45) is 5.92 Å². The summed E-state index contributed by atoms with van der Waals surface area (Å²) in [4.78, 5) is 18.4. The Morgan fingerprint density at radius 1 is 1.08 bits per heavy atom. The second kappa shape index (κ2) is 7.71. The van der Waals surface area contributed by atoms with Gasteiger partial charge in [0.15, 0.2) is 0 Å². The van der Waals surface area contributed by atoms with Crippen LogP contribution in [0.1, 0.15) is 34.5 Å². The van der Waals surface area contributed by atoms with Crippen molar-refractivity contribution in [2.75, 3.05) is 26.2 Å². The number of benzene rings is 1. The fraction of sp³-hybridized carbons (Fsp3) is 0.476. The van der Waals surface area contributed by atoms with E-state index in [1.54, 1.807) is 11.3 Å². The van der Waals surface area contributed by atoms with Crippen molar-refractivity contribution in [3.63, 3.8) is 0 Å². The van der Waals surface area contributed by atoms with Gasteiger partial charge in [0.2, 0.25) is 0 Å². The van der Waals surface area contributed by atoms with Crippen LogP contribution in [-0.4, -0.2) is 47.9 Å². The van der Waals surface area contributed by atoms with E-state index in [1.807, 2.05) is 17.5 Å². The fourth-order valence-electron chi connectivity index (χ4n) is 4.36. The Hall–Kier alpha value is -1.65. The summed E-state index contributed by atoms with van der Waals surface area (Å²) in [5.74, 6) is 0.869. The maximum absolute atomic E-state index is 12.7. The van der Waals surface area contributed by atoms with Gasteiger partial charge in [0.05, 0.1) is 4.88 Å². The molecule has 0 aliphatic carbocycles. The van der Waals surface area contributed by atoms with E-state index < -0.39 is 0 Å². The van der Waals surface area contributed by atoms with Crippen LogP contribution in [0.4, 0.5) is 0 Å². The van der Waals surface area contributed by atoms with Crippen LogP contribution in [-0.2, 0) is 6.42 Å². The third kappa shape index (κ3) is 3.80. The number of nitrogens with zero attached hydrogens (tertiary/aromatic N) is 2. The summed E-state index contributed by atoms with van der Waals surface area (Å²) in [5.41, 5.74) is 1.41. The molecule has 0 saturated carbocycles. The second-order valence-electron chi connectivity index (χ2n) is 7.28. The molecule has 0 unspecified atom stereocenters. The third-order valence-corrected chi connectivity index (χ3v) is 6.55. The average Bonchev–Trinajstić information content (AvgIpc) is 3.29. The van der Waals surface area contributed by atoms with Gasteiger partial charge >= 0.3 is 0 Å². The lowest BCUT2D eigenvalue weighted by molar-refractivity contribution is 0.0779. The first-order valence-electron chi connectivity index (χ1n) is 9.42. The van der Waals surface area contributed by atoms with Gasteiger partial charge in [-0.05, 0) is 48.7 Å². The summed E-state index contributed by atoms with van der Waals surface area (Å²) in [6.07, 6.45) is 4.95. The minimum absolute atomic E-state index is 0.228. The Labute approximate surface area is 154 Å². The summed E-state index contributed by atoms with van der Waals surface area (Å²) in [5, 5.41) is 1.99. The van der Waals surface area contributed by atoms with Gasteiger partial charge in [-0.25, -0.2) is 0 Å². The Morgan fingerprint density at radius 2 is 1.96 bits per heavy atom. The van der Waals surface area contributed by atoms with Crippen LogP contribution in [0, 0.1) is 5.92 Å². The van der Waals surface area contributed by atoms with Crippen LogP contribution < -0.4 is 0 Å². The highest BCUT2D eigenvalue weighted by molar-refractivity contribution is 7.12. The zero-order valence-electron chi connectivity index (χ0n) is 14.6. The molecule has 1 amide bonds. The summed E-state index contributed by atoms with van der Waals surface area (Å²) >= 11 is 1.56. The molecule has 132 valence electrons. The van der Waals surface area contributed by atoms with Crippen LogP contribution in [0.3, 0.4) is 0 Å². The van der Waals surface area contributed by atoms with Crippen LogP contribution in [0.25, 0.3) is 0 Å². The van der Waals surface area contributed by atoms with Crippen molar-refractivity contribution in [1.29, 1.82) is 0 Å². The molecule has 2 fully saturated rings. The van der Waals surface area contributed by atoms with Crippen LogP contribution in [0.15, 0.2) is 47.8 Å². The van der Waals surface area contributed by atoms with E-state index in [1.165, 1.54) is 31.4 Å². The number of carbonyl (C=O) groups excluding carboxylic acids is 1. The van der Waals surface area contributed by atoms with E-state index in [-0.39, 0.29) is 5.91 Å². The van der Waals surface area contributed by atoms with Crippen molar-refractivity contribution in [1.82, 2.24) is 9.80 Å². The summed E-state index contributed by atoms with van der Waals surface area (Å²) in [6.45, 7) is 4.11. The predicted octanol–water partition coefficient (Wildman–Crippen LogP) is 3.92. The molecule has 3 nitrogen and oxygen atoms in total. The lowest BCUT2D eigenvalue weighted by Gasteiger charge is -2.30. The number of fused-ring (bicyclic) bond motifs is 1. The number of thiophene rings is 1. The van der Waals surface area contributed by atoms with Gasteiger partial charge in [0.25, 0.3) is 5.91 Å². The summed E-state index contributed by atoms with van der Waals surface area (Å²) < 4.78 is 0. The Morgan fingerprint density at radius 3 is 2.76 bits per heavy atom. The molecule has 2 saturated heterocycles. The smallest absolute Gasteiger partial charge is 0.263 e. The lowest BCUT2D eigenvalue weighted by atomic mass is 9.98. The van der Waals surface area contributed by atoms with Crippen LogP contribution in [0.2, 0.25) is 0 Å². The Balaban J connectivity index is 1.43. The predicted molar refractivity (Wildman–Crippen MR) is 103 cm³/mol. The quantitative estimate of drug-likeness (QED) is 0.831. The Bertz CT molecular complexity index is 685. The first-order valence-corrected chi connectivity index (χ1v) is 10.3. The van der Waals surface area contributed by atoms with E-state index in [0.717, 1.165) is 30.9 Å². The topological polar surface area (TPSA) is 23.6 Å². The molecule has 2 aliphatic rings. The SMILES string of the molecule is O=C(c1cccs1)N1C[C@@H]2CCCCN(CCc3ccccc3)[C@@H]2C1. The molecule has 0 N–H and O–H groups in total. The van der Waals surface area contributed by atoms with E-state index in [2.05, 4.69) is 40.1 Å². The molecule has 25 heavy (non-hydrogen) atoms. The minimum atomic E-state index is 0.228. The highest BCUT2D eigenvalue weighted by atomic mass is 32.1. The van der Waals surface area contributed by atoms with Crippen molar-refractivity contribution in [3.8, 4) is 0 Å². The third-order valence-electron chi connectivity index (χ3n) is 5.70. The molecule has 1 aromatic heterocycles. The molecule has 1 aromatic carbocycles. The molecule has 2 aliphatic heterocycles. The van der Waals surface area contributed by atoms with Gasteiger partial charge in [-0.3, -0.25) is 9.69 Å². The number of hydrogen-bond acceptors (Lipinski definition) is 3. The zero-order chi connectivity index (χ0) is 17.1. The first-order chi connectivity index (χ1) is 12.3. The fourth-order valence-corrected chi connectivity index (χ4v) is 5.05. The largest absolute Gasteiger partial charge is 0.336 e. The summed E-state index contributed by atoms with van der Waals surface area (Å²) in [7, 11) is 0. The highest BCUT2D eigenvalue weighted by Gasteiger charge is 2.39. The molecule has 4 heteroatoms. The van der Waals surface area contributed by atoms with Crippen LogP contribution in [0.5, 0.6) is 0 Å². The molecule has 0 bridgehead atoms. The molecular weight excluding hydrogens is 328 g/mol. The maximum atomic E-state index is 12.7. The monoisotopic (exact) mass is 354 g/mol.